The second-order valence-corrected chi connectivity index (χ2v) is 9.29. The molecule has 3 aromatic rings. The maximum Gasteiger partial charge on any atom is 0.303 e. The first-order chi connectivity index (χ1) is 18.2. The van der Waals surface area contributed by atoms with Crippen LogP contribution in [0.4, 0.5) is 10.1 Å². The van der Waals surface area contributed by atoms with Gasteiger partial charge < -0.3 is 20.0 Å². The maximum absolute atomic E-state index is 14.4. The maximum atomic E-state index is 14.4. The van der Waals surface area contributed by atoms with Crippen LogP contribution in [-0.4, -0.2) is 24.7 Å². The van der Waals surface area contributed by atoms with Crippen LogP contribution >= 0.6 is 0 Å². The van der Waals surface area contributed by atoms with Crippen LogP contribution in [0.25, 0.3) is 11.1 Å². The number of ether oxygens (including phenoxy) is 1. The number of carboxylic acids is 1. The topological polar surface area (TPSA) is 79.8 Å². The monoisotopic (exact) mass is 520 g/mol. The lowest BCUT2D eigenvalue weighted by Crippen LogP contribution is -2.10. The third-order valence-electron chi connectivity index (χ3n) is 6.47. The largest absolute Gasteiger partial charge is 0.489 e. The molecule has 0 bridgehead atoms. The van der Waals surface area contributed by atoms with Crippen LogP contribution in [0.1, 0.15) is 48.9 Å². The van der Waals surface area contributed by atoms with Gasteiger partial charge in [0.05, 0.1) is 0 Å². The molecule has 0 saturated heterocycles. The summed E-state index contributed by atoms with van der Waals surface area (Å²) < 4.78 is 20.5. The molecule has 6 nitrogen and oxygen atoms in total. The molecule has 0 aliphatic rings. The van der Waals surface area contributed by atoms with E-state index in [-0.39, 0.29) is 12.8 Å². The van der Waals surface area contributed by atoms with Crippen molar-refractivity contribution >= 4 is 11.7 Å². The highest BCUT2D eigenvalue weighted by molar-refractivity contribution is 5.72. The molecule has 3 rings (SSSR count). The van der Waals surface area contributed by atoms with Crippen molar-refractivity contribution in [2.24, 2.45) is 0 Å². The predicted molar refractivity (Wildman–Crippen MR) is 150 cm³/mol. The van der Waals surface area contributed by atoms with Gasteiger partial charge in [-0.15, -0.1) is 0 Å². The fourth-order valence-corrected chi connectivity index (χ4v) is 4.45. The van der Waals surface area contributed by atoms with E-state index in [1.807, 2.05) is 19.1 Å². The summed E-state index contributed by atoms with van der Waals surface area (Å²) in [5.41, 5.74) is 10.4. The molecule has 3 N–H and O–H groups in total. The summed E-state index contributed by atoms with van der Waals surface area (Å²) in [6.45, 7) is 9.16. The molecular weight excluding hydrogens is 483 g/mol. The van der Waals surface area contributed by atoms with Crippen molar-refractivity contribution in [2.45, 2.75) is 53.5 Å². The molecule has 0 radical (unpaired) electrons. The summed E-state index contributed by atoms with van der Waals surface area (Å²) in [5.74, 6) is 0.304. The van der Waals surface area contributed by atoms with Gasteiger partial charge >= 0.3 is 5.97 Å². The fourth-order valence-electron chi connectivity index (χ4n) is 4.45. The number of nitrogens with one attached hydrogen (secondary N) is 2. The number of benzene rings is 3. The molecule has 0 aromatic heterocycles. The molecule has 202 valence electrons. The molecule has 3 aromatic carbocycles. The van der Waals surface area contributed by atoms with Crippen LogP contribution in [0.5, 0.6) is 5.75 Å². The molecule has 0 atom stereocenters. The van der Waals surface area contributed by atoms with Crippen LogP contribution in [0.3, 0.4) is 0 Å². The van der Waals surface area contributed by atoms with E-state index in [9.17, 15) is 9.18 Å². The smallest absolute Gasteiger partial charge is 0.303 e. The number of rotatable bonds is 13. The van der Waals surface area contributed by atoms with Crippen LogP contribution in [0.15, 0.2) is 65.9 Å². The van der Waals surface area contributed by atoms with E-state index >= 15 is 0 Å². The van der Waals surface area contributed by atoms with Gasteiger partial charge in [-0.25, -0.2) is 4.39 Å². The highest BCUT2D eigenvalue weighted by Crippen LogP contribution is 2.32. The zero-order chi connectivity index (χ0) is 27.7. The number of halogens is 1. The Labute approximate surface area is 224 Å². The molecule has 0 spiro atoms. The highest BCUT2D eigenvalue weighted by atomic mass is 19.1. The van der Waals surface area contributed by atoms with Gasteiger partial charge in [0.2, 0.25) is 0 Å². The summed E-state index contributed by atoms with van der Waals surface area (Å²) in [5, 5.41) is 12.1. The van der Waals surface area contributed by atoms with Gasteiger partial charge in [-0.05, 0) is 97.3 Å². The van der Waals surface area contributed by atoms with E-state index < -0.39 is 11.8 Å². The lowest BCUT2D eigenvalue weighted by molar-refractivity contribution is -0.136. The number of hydrogen-bond donors (Lipinski definition) is 3. The molecule has 0 aliphatic heterocycles. The molecule has 7 heteroatoms. The van der Waals surface area contributed by atoms with E-state index in [0.29, 0.717) is 24.4 Å². The molecular formula is C31H37FN2O4. The predicted octanol–water partition coefficient (Wildman–Crippen LogP) is 6.95. The van der Waals surface area contributed by atoms with Crippen molar-refractivity contribution in [1.29, 1.82) is 0 Å². The van der Waals surface area contributed by atoms with Gasteiger partial charge in [0.1, 0.15) is 23.9 Å². The van der Waals surface area contributed by atoms with Crippen molar-refractivity contribution < 1.29 is 23.9 Å². The molecule has 0 amide bonds. The third-order valence-corrected chi connectivity index (χ3v) is 6.47. The van der Waals surface area contributed by atoms with Crippen molar-refractivity contribution in [1.82, 2.24) is 5.48 Å². The van der Waals surface area contributed by atoms with Crippen LogP contribution in [0.2, 0.25) is 0 Å². The highest BCUT2D eigenvalue weighted by Gasteiger charge is 2.11. The summed E-state index contributed by atoms with van der Waals surface area (Å²) in [6, 6.07) is 17.2. The van der Waals surface area contributed by atoms with Crippen molar-refractivity contribution in [2.75, 3.05) is 19.0 Å². The first kappa shape index (κ1) is 28.7. The minimum atomic E-state index is -0.938. The van der Waals surface area contributed by atoms with Gasteiger partial charge in [-0.2, -0.15) is 5.48 Å². The number of allylic oxidation sites excluding steroid dienone is 1. The Morgan fingerprint density at radius 3 is 2.42 bits per heavy atom. The second kappa shape index (κ2) is 13.6. The van der Waals surface area contributed by atoms with Gasteiger partial charge in [0.15, 0.2) is 0 Å². The SMILES string of the molecule is CC/C(COc1cc(C)c(-c2cccc(CNc3ccc(CCC(=O)O)c(F)c3)c2)c(C)c1)=C(/C)ONC. The molecule has 0 unspecified atom stereocenters. The Morgan fingerprint density at radius 1 is 1.05 bits per heavy atom. The number of anilines is 1. The first-order valence-electron chi connectivity index (χ1n) is 12.8. The van der Waals surface area contributed by atoms with Gasteiger partial charge in [-0.1, -0.05) is 31.2 Å². The average Bonchev–Trinajstić information content (AvgIpc) is 2.87. The van der Waals surface area contributed by atoms with Crippen LogP contribution < -0.4 is 15.5 Å². The lowest BCUT2D eigenvalue weighted by atomic mass is 9.94. The minimum absolute atomic E-state index is 0.0927. The van der Waals surface area contributed by atoms with Gasteiger partial charge in [-0.3, -0.25) is 4.79 Å². The Hall–Kier alpha value is -3.84. The molecule has 0 heterocycles. The minimum Gasteiger partial charge on any atom is -0.489 e. The van der Waals surface area contributed by atoms with Crippen molar-refractivity contribution in [3.63, 3.8) is 0 Å². The molecule has 0 saturated carbocycles. The zero-order valence-electron chi connectivity index (χ0n) is 22.8. The molecule has 38 heavy (non-hydrogen) atoms. The standard InChI is InChI=1S/C31H37FN2O4/c1-6-24(22(4)38-33-5)19-37-28-14-20(2)31(21(3)15-28)26-9-7-8-23(16-26)18-34-27-12-10-25(29(32)17-27)11-13-30(35)36/h7-10,12,14-17,33-34H,6,11,13,18-19H2,1-5H3,(H,35,36)/b24-22+. The number of aryl methyl sites for hydroxylation is 3. The van der Waals surface area contributed by atoms with Gasteiger partial charge in [0.25, 0.3) is 0 Å². The summed E-state index contributed by atoms with van der Waals surface area (Å²) in [7, 11) is 1.73. The third kappa shape index (κ3) is 7.83. The summed E-state index contributed by atoms with van der Waals surface area (Å²) in [6.07, 6.45) is 0.920. The Morgan fingerprint density at radius 2 is 1.79 bits per heavy atom. The van der Waals surface area contributed by atoms with Crippen molar-refractivity contribution in [3.05, 3.63) is 94.0 Å². The molecule has 0 fully saturated rings. The molecule has 0 aliphatic carbocycles. The number of carboxylic acid groups (broad SMARTS) is 1. The van der Waals surface area contributed by atoms with E-state index in [1.165, 1.54) is 6.07 Å². The quantitative estimate of drug-likeness (QED) is 0.167. The summed E-state index contributed by atoms with van der Waals surface area (Å²) >= 11 is 0. The average molecular weight is 521 g/mol. The van der Waals surface area contributed by atoms with E-state index in [1.54, 1.807) is 19.2 Å². The number of hydrogen-bond acceptors (Lipinski definition) is 5. The van der Waals surface area contributed by atoms with E-state index in [4.69, 9.17) is 14.7 Å². The first-order valence-corrected chi connectivity index (χ1v) is 12.8. The number of hydroxylamine groups is 1. The van der Waals surface area contributed by atoms with E-state index in [2.05, 4.69) is 55.8 Å². The Bertz CT molecular complexity index is 1280. The Kier molecular flexibility index (Phi) is 10.3. The lowest BCUT2D eigenvalue weighted by Gasteiger charge is -2.16. The Balaban J connectivity index is 1.71. The van der Waals surface area contributed by atoms with E-state index in [0.717, 1.165) is 51.3 Å². The second-order valence-electron chi connectivity index (χ2n) is 9.29. The number of aliphatic carboxylic acids is 1. The van der Waals surface area contributed by atoms with Crippen LogP contribution in [-0.2, 0) is 22.6 Å². The normalized spacial score (nSPS) is 11.6. The van der Waals surface area contributed by atoms with Crippen molar-refractivity contribution in [3.8, 4) is 16.9 Å². The van der Waals surface area contributed by atoms with Crippen LogP contribution in [0, 0.1) is 19.7 Å². The summed E-state index contributed by atoms with van der Waals surface area (Å²) in [4.78, 5) is 16.2. The zero-order valence-corrected chi connectivity index (χ0v) is 22.8. The fraction of sp³-hybridized carbons (Fsp3) is 0.323. The number of carbonyl (C=O) groups is 1. The van der Waals surface area contributed by atoms with Gasteiger partial charge in [0, 0.05) is 31.3 Å².